The number of aliphatic hydroxyl groups is 1. The number of alkyl halides is 2. The number of benzene rings is 2. The first-order chi connectivity index (χ1) is 9.61. The number of nitrogens with two attached hydrogens (primary N) is 1. The van der Waals surface area contributed by atoms with Crippen LogP contribution in [0.3, 0.4) is 0 Å². The van der Waals surface area contributed by atoms with E-state index >= 15 is 0 Å². The van der Waals surface area contributed by atoms with Gasteiger partial charge in [0.05, 0.1) is 5.56 Å². The quantitative estimate of drug-likeness (QED) is 0.823. The molecule has 0 saturated heterocycles. The number of rotatable bonds is 5. The fourth-order valence-electron chi connectivity index (χ4n) is 1.88. The number of hydrogen-bond donors (Lipinski definition) is 2. The van der Waals surface area contributed by atoms with Crippen molar-refractivity contribution in [2.24, 2.45) is 0 Å². The van der Waals surface area contributed by atoms with Crippen LogP contribution in [-0.4, -0.2) is 11.7 Å². The molecule has 0 radical (unpaired) electrons. The zero-order chi connectivity index (χ0) is 14.5. The molecule has 0 unspecified atom stereocenters. The third-order valence-corrected chi connectivity index (χ3v) is 2.84. The zero-order valence-corrected chi connectivity index (χ0v) is 10.7. The second kappa shape index (κ2) is 6.34. The van der Waals surface area contributed by atoms with Gasteiger partial charge in [-0.1, -0.05) is 18.2 Å². The van der Waals surface area contributed by atoms with E-state index in [2.05, 4.69) is 0 Å². The molecule has 0 fully saturated rings. The molecule has 0 bridgehead atoms. The Hall–Kier alpha value is -2.14. The third-order valence-electron chi connectivity index (χ3n) is 2.84. The maximum Gasteiger partial charge on any atom is 0.267 e. The van der Waals surface area contributed by atoms with E-state index < -0.39 is 6.43 Å². The Morgan fingerprint density at radius 1 is 1.10 bits per heavy atom. The lowest BCUT2D eigenvalue weighted by Crippen LogP contribution is -1.98. The number of anilines is 1. The maximum absolute atomic E-state index is 13.0. The lowest BCUT2D eigenvalue weighted by molar-refractivity contribution is 0.148. The van der Waals surface area contributed by atoms with Crippen molar-refractivity contribution < 1.29 is 18.6 Å². The van der Waals surface area contributed by atoms with Crippen molar-refractivity contribution in [1.82, 2.24) is 0 Å². The van der Waals surface area contributed by atoms with Gasteiger partial charge in [-0.15, -0.1) is 0 Å². The highest BCUT2D eigenvalue weighted by Crippen LogP contribution is 2.35. The molecule has 0 aliphatic heterocycles. The molecular formula is C15H15F2NO2. The number of aliphatic hydroxyl groups excluding tert-OH is 1. The largest absolute Gasteiger partial charge is 0.457 e. The SMILES string of the molecule is Nc1ccc(Oc2ccccc2CCO)c(C(F)F)c1. The summed E-state index contributed by atoms with van der Waals surface area (Å²) in [7, 11) is 0. The molecule has 2 aromatic carbocycles. The highest BCUT2D eigenvalue weighted by atomic mass is 19.3. The van der Waals surface area contributed by atoms with E-state index in [4.69, 9.17) is 15.6 Å². The Balaban J connectivity index is 2.35. The maximum atomic E-state index is 13.0. The van der Waals surface area contributed by atoms with Crippen LogP contribution in [-0.2, 0) is 6.42 Å². The summed E-state index contributed by atoms with van der Waals surface area (Å²) in [6, 6.07) is 11.1. The summed E-state index contributed by atoms with van der Waals surface area (Å²) in [6.07, 6.45) is -2.27. The second-order valence-corrected chi connectivity index (χ2v) is 4.28. The third kappa shape index (κ3) is 3.24. The van der Waals surface area contributed by atoms with Crippen LogP contribution < -0.4 is 10.5 Å². The summed E-state index contributed by atoms with van der Waals surface area (Å²) in [5, 5.41) is 9.00. The van der Waals surface area contributed by atoms with Crippen molar-refractivity contribution in [2.75, 3.05) is 12.3 Å². The first kappa shape index (κ1) is 14.3. The first-order valence-electron chi connectivity index (χ1n) is 6.16. The minimum Gasteiger partial charge on any atom is -0.457 e. The molecule has 0 aromatic heterocycles. The van der Waals surface area contributed by atoms with Crippen LogP contribution in [0.15, 0.2) is 42.5 Å². The number of ether oxygens (including phenoxy) is 1. The summed E-state index contributed by atoms with van der Waals surface area (Å²) in [5.41, 5.74) is 6.28. The van der Waals surface area contributed by atoms with Gasteiger partial charge in [0.25, 0.3) is 6.43 Å². The molecule has 2 rings (SSSR count). The monoisotopic (exact) mass is 279 g/mol. The molecule has 0 aliphatic rings. The van der Waals surface area contributed by atoms with E-state index in [0.29, 0.717) is 12.2 Å². The van der Waals surface area contributed by atoms with Crippen LogP contribution in [0.1, 0.15) is 17.6 Å². The molecule has 0 heterocycles. The smallest absolute Gasteiger partial charge is 0.267 e. The zero-order valence-electron chi connectivity index (χ0n) is 10.7. The van der Waals surface area contributed by atoms with Gasteiger partial charge in [-0.05, 0) is 36.2 Å². The molecule has 2 aromatic rings. The van der Waals surface area contributed by atoms with Crippen LogP contribution in [0.25, 0.3) is 0 Å². The molecule has 0 amide bonds. The second-order valence-electron chi connectivity index (χ2n) is 4.28. The number of para-hydroxylation sites is 1. The molecule has 20 heavy (non-hydrogen) atoms. The van der Waals surface area contributed by atoms with Crippen molar-refractivity contribution in [2.45, 2.75) is 12.8 Å². The van der Waals surface area contributed by atoms with Gasteiger partial charge in [-0.2, -0.15) is 0 Å². The number of halogens is 2. The Kier molecular flexibility index (Phi) is 4.53. The number of hydrogen-bond acceptors (Lipinski definition) is 3. The van der Waals surface area contributed by atoms with E-state index in [0.717, 1.165) is 5.56 Å². The first-order valence-corrected chi connectivity index (χ1v) is 6.16. The van der Waals surface area contributed by atoms with Crippen molar-refractivity contribution in [3.63, 3.8) is 0 Å². The Bertz CT molecular complexity index is 588. The molecule has 106 valence electrons. The predicted octanol–water partition coefficient (Wildman–Crippen LogP) is 3.53. The molecule has 3 nitrogen and oxygen atoms in total. The number of nitrogen functional groups attached to an aromatic ring is 1. The molecule has 3 N–H and O–H groups in total. The average molecular weight is 279 g/mol. The lowest BCUT2D eigenvalue weighted by Gasteiger charge is -2.14. The van der Waals surface area contributed by atoms with Gasteiger partial charge in [0, 0.05) is 12.3 Å². The van der Waals surface area contributed by atoms with Gasteiger partial charge in [0.2, 0.25) is 0 Å². The van der Waals surface area contributed by atoms with Gasteiger partial charge in [-0.3, -0.25) is 0 Å². The van der Waals surface area contributed by atoms with Crippen LogP contribution >= 0.6 is 0 Å². The average Bonchev–Trinajstić information content (AvgIpc) is 2.43. The van der Waals surface area contributed by atoms with Gasteiger partial charge >= 0.3 is 0 Å². The molecule has 5 heteroatoms. The molecule has 0 saturated carbocycles. The molecule has 0 atom stereocenters. The van der Waals surface area contributed by atoms with Crippen LogP contribution in [0.4, 0.5) is 14.5 Å². The van der Waals surface area contributed by atoms with E-state index in [9.17, 15) is 8.78 Å². The fourth-order valence-corrected chi connectivity index (χ4v) is 1.88. The summed E-state index contributed by atoms with van der Waals surface area (Å²) in [4.78, 5) is 0. The summed E-state index contributed by atoms with van der Waals surface area (Å²) in [6.45, 7) is -0.0379. The molecule has 0 spiro atoms. The summed E-state index contributed by atoms with van der Waals surface area (Å²) < 4.78 is 31.5. The Morgan fingerprint density at radius 3 is 2.55 bits per heavy atom. The Morgan fingerprint density at radius 2 is 1.85 bits per heavy atom. The summed E-state index contributed by atoms with van der Waals surface area (Å²) >= 11 is 0. The van der Waals surface area contributed by atoms with Crippen LogP contribution in [0.2, 0.25) is 0 Å². The summed E-state index contributed by atoms with van der Waals surface area (Å²) in [5.74, 6) is 0.521. The predicted molar refractivity (Wildman–Crippen MR) is 73.1 cm³/mol. The molecule has 0 aliphatic carbocycles. The van der Waals surface area contributed by atoms with Gasteiger partial charge in [0.1, 0.15) is 11.5 Å². The molecular weight excluding hydrogens is 264 g/mol. The van der Waals surface area contributed by atoms with Crippen molar-refractivity contribution in [3.05, 3.63) is 53.6 Å². The van der Waals surface area contributed by atoms with Crippen LogP contribution in [0.5, 0.6) is 11.5 Å². The van der Waals surface area contributed by atoms with Gasteiger partial charge < -0.3 is 15.6 Å². The minimum atomic E-state index is -2.67. The van der Waals surface area contributed by atoms with E-state index in [1.165, 1.54) is 18.2 Å². The van der Waals surface area contributed by atoms with Gasteiger partial charge in [-0.25, -0.2) is 8.78 Å². The van der Waals surface area contributed by atoms with Crippen molar-refractivity contribution in [1.29, 1.82) is 0 Å². The van der Waals surface area contributed by atoms with Crippen molar-refractivity contribution in [3.8, 4) is 11.5 Å². The normalized spacial score (nSPS) is 10.8. The topological polar surface area (TPSA) is 55.5 Å². The van der Waals surface area contributed by atoms with Crippen molar-refractivity contribution >= 4 is 5.69 Å². The van der Waals surface area contributed by atoms with E-state index in [1.54, 1.807) is 24.3 Å². The highest BCUT2D eigenvalue weighted by Gasteiger charge is 2.16. The Labute approximate surface area is 115 Å². The highest BCUT2D eigenvalue weighted by molar-refractivity contribution is 5.50. The van der Waals surface area contributed by atoms with E-state index in [1.807, 2.05) is 0 Å². The van der Waals surface area contributed by atoms with E-state index in [-0.39, 0.29) is 23.6 Å². The minimum absolute atomic E-state index is 0.0379. The van der Waals surface area contributed by atoms with Gasteiger partial charge in [0.15, 0.2) is 0 Å². The lowest BCUT2D eigenvalue weighted by atomic mass is 10.1. The fraction of sp³-hybridized carbons (Fsp3) is 0.200. The van der Waals surface area contributed by atoms with Crippen LogP contribution in [0, 0.1) is 0 Å². The standard InChI is InChI=1S/C15H15F2NO2/c16-15(17)12-9-11(18)5-6-14(12)20-13-4-2-1-3-10(13)7-8-19/h1-6,9,15,19H,7-8,18H2.